The molecule has 1 saturated heterocycles. The summed E-state index contributed by atoms with van der Waals surface area (Å²) in [5.41, 5.74) is 0. The van der Waals surface area contributed by atoms with Crippen LogP contribution in [-0.2, 0) is 4.79 Å². The van der Waals surface area contributed by atoms with Gasteiger partial charge in [0.1, 0.15) is 5.78 Å². The molecular formula is C9H15NO. The minimum atomic E-state index is 0.334. The third-order valence-electron chi connectivity index (χ3n) is 3.02. The Bertz CT molecular complexity index is 176. The van der Waals surface area contributed by atoms with E-state index in [9.17, 15) is 4.79 Å². The molecule has 2 fully saturated rings. The first-order valence-corrected chi connectivity index (χ1v) is 4.52. The molecule has 1 saturated carbocycles. The van der Waals surface area contributed by atoms with E-state index in [0.29, 0.717) is 17.6 Å². The van der Waals surface area contributed by atoms with Gasteiger partial charge >= 0.3 is 0 Å². The molecule has 0 aromatic carbocycles. The predicted octanol–water partition coefficient (Wildman–Crippen LogP) is 0.821. The largest absolute Gasteiger partial charge is 0.316 e. The summed E-state index contributed by atoms with van der Waals surface area (Å²) in [4.78, 5) is 11.5. The van der Waals surface area contributed by atoms with Gasteiger partial charge in [-0.2, -0.15) is 0 Å². The van der Waals surface area contributed by atoms with Crippen molar-refractivity contribution in [3.63, 3.8) is 0 Å². The minimum absolute atomic E-state index is 0.334. The molecule has 2 nitrogen and oxygen atoms in total. The van der Waals surface area contributed by atoms with Crippen molar-refractivity contribution in [3.8, 4) is 0 Å². The van der Waals surface area contributed by atoms with Gasteiger partial charge in [0.2, 0.25) is 0 Å². The van der Waals surface area contributed by atoms with Gasteiger partial charge < -0.3 is 5.32 Å². The molecule has 0 aromatic heterocycles. The van der Waals surface area contributed by atoms with Gasteiger partial charge in [-0.25, -0.2) is 0 Å². The van der Waals surface area contributed by atoms with Crippen molar-refractivity contribution in [1.29, 1.82) is 0 Å². The Morgan fingerprint density at radius 1 is 1.36 bits per heavy atom. The lowest BCUT2D eigenvalue weighted by atomic mass is 9.73. The highest BCUT2D eigenvalue weighted by Crippen LogP contribution is 2.32. The van der Waals surface area contributed by atoms with Crippen molar-refractivity contribution in [3.05, 3.63) is 0 Å². The van der Waals surface area contributed by atoms with Crippen molar-refractivity contribution in [1.82, 2.24) is 5.32 Å². The van der Waals surface area contributed by atoms with E-state index >= 15 is 0 Å². The van der Waals surface area contributed by atoms with Crippen molar-refractivity contribution in [2.45, 2.75) is 19.8 Å². The predicted molar refractivity (Wildman–Crippen MR) is 43.3 cm³/mol. The normalized spacial score (nSPS) is 44.1. The number of Topliss-reactive ketones (excluding diaryl/α,β-unsaturated/α-hetero) is 1. The van der Waals surface area contributed by atoms with Crippen LogP contribution < -0.4 is 5.32 Å². The van der Waals surface area contributed by atoms with Crippen molar-refractivity contribution in [2.75, 3.05) is 13.1 Å². The Morgan fingerprint density at radius 3 is 3.00 bits per heavy atom. The molecule has 2 aliphatic rings. The van der Waals surface area contributed by atoms with Crippen molar-refractivity contribution < 1.29 is 4.79 Å². The van der Waals surface area contributed by atoms with E-state index in [0.717, 1.165) is 31.8 Å². The molecule has 0 aromatic rings. The number of hydrogen-bond acceptors (Lipinski definition) is 2. The van der Waals surface area contributed by atoms with Crippen LogP contribution in [0.3, 0.4) is 0 Å². The zero-order valence-electron chi connectivity index (χ0n) is 6.97. The highest BCUT2D eigenvalue weighted by atomic mass is 16.1. The van der Waals surface area contributed by atoms with Crippen molar-refractivity contribution in [2.24, 2.45) is 17.8 Å². The number of carbonyl (C=O) groups is 1. The van der Waals surface area contributed by atoms with Crippen LogP contribution in [0.1, 0.15) is 19.8 Å². The molecular weight excluding hydrogens is 138 g/mol. The quantitative estimate of drug-likeness (QED) is 0.558. The molecule has 11 heavy (non-hydrogen) atoms. The van der Waals surface area contributed by atoms with Crippen LogP contribution in [0.2, 0.25) is 0 Å². The summed E-state index contributed by atoms with van der Waals surface area (Å²) in [6.45, 7) is 4.14. The van der Waals surface area contributed by atoms with Gasteiger partial charge in [-0.1, -0.05) is 6.92 Å². The van der Waals surface area contributed by atoms with E-state index in [-0.39, 0.29) is 0 Å². The molecule has 1 aliphatic heterocycles. The Labute approximate surface area is 67.4 Å². The maximum absolute atomic E-state index is 11.5. The van der Waals surface area contributed by atoms with Crippen LogP contribution in [0.15, 0.2) is 0 Å². The molecule has 1 heterocycles. The van der Waals surface area contributed by atoms with E-state index in [1.54, 1.807) is 0 Å². The summed E-state index contributed by atoms with van der Waals surface area (Å²) in [5, 5.41) is 3.32. The second-order valence-electron chi connectivity index (χ2n) is 4.00. The summed E-state index contributed by atoms with van der Waals surface area (Å²) in [6, 6.07) is 0. The molecule has 2 heteroatoms. The van der Waals surface area contributed by atoms with Gasteiger partial charge in [0, 0.05) is 18.4 Å². The second-order valence-corrected chi connectivity index (χ2v) is 4.00. The summed E-state index contributed by atoms with van der Waals surface area (Å²) in [7, 11) is 0. The highest BCUT2D eigenvalue weighted by Gasteiger charge is 2.35. The second kappa shape index (κ2) is 2.59. The fourth-order valence-electron chi connectivity index (χ4n) is 2.45. The maximum Gasteiger partial charge on any atom is 0.140 e. The van der Waals surface area contributed by atoms with E-state index in [4.69, 9.17) is 0 Å². The zero-order valence-corrected chi connectivity index (χ0v) is 6.97. The molecule has 0 radical (unpaired) electrons. The van der Waals surface area contributed by atoms with Crippen LogP contribution >= 0.6 is 0 Å². The lowest BCUT2D eigenvalue weighted by molar-refractivity contribution is -0.130. The average molecular weight is 153 g/mol. The molecule has 0 amide bonds. The molecule has 2 rings (SSSR count). The number of carbonyl (C=O) groups excluding carboxylic acids is 1. The fraction of sp³-hybridized carbons (Fsp3) is 0.889. The standard InChI is InChI=1S/C9H15NO/c1-6-2-7-3-8(9(6)11)5-10-4-7/h6-8,10H,2-5H2,1H3. The number of hydrogen-bond donors (Lipinski definition) is 1. The fourth-order valence-corrected chi connectivity index (χ4v) is 2.45. The smallest absolute Gasteiger partial charge is 0.140 e. The summed E-state index contributed by atoms with van der Waals surface area (Å²) in [6.07, 6.45) is 2.26. The van der Waals surface area contributed by atoms with Crippen molar-refractivity contribution >= 4 is 5.78 Å². The summed E-state index contributed by atoms with van der Waals surface area (Å²) < 4.78 is 0. The zero-order chi connectivity index (χ0) is 7.84. The third kappa shape index (κ3) is 1.20. The van der Waals surface area contributed by atoms with Crippen LogP contribution in [0, 0.1) is 17.8 Å². The van der Waals surface area contributed by atoms with E-state index in [1.165, 1.54) is 0 Å². The SMILES string of the molecule is CC1CC2CNCC(C2)C1=O. The van der Waals surface area contributed by atoms with Crippen LogP contribution in [0.4, 0.5) is 0 Å². The summed E-state index contributed by atoms with van der Waals surface area (Å²) in [5.74, 6) is 1.95. The Morgan fingerprint density at radius 2 is 2.18 bits per heavy atom. The van der Waals surface area contributed by atoms with Crippen LogP contribution in [0.25, 0.3) is 0 Å². The average Bonchev–Trinajstić information content (AvgIpc) is 2.01. The lowest BCUT2D eigenvalue weighted by Crippen LogP contribution is -2.46. The molecule has 3 unspecified atom stereocenters. The van der Waals surface area contributed by atoms with E-state index < -0.39 is 0 Å². The Hall–Kier alpha value is -0.370. The molecule has 1 aliphatic carbocycles. The van der Waals surface area contributed by atoms with Gasteiger partial charge in [-0.15, -0.1) is 0 Å². The molecule has 2 bridgehead atoms. The number of ketones is 1. The van der Waals surface area contributed by atoms with Crippen LogP contribution in [0.5, 0.6) is 0 Å². The molecule has 1 N–H and O–H groups in total. The Balaban J connectivity index is 2.11. The first kappa shape index (κ1) is 7.29. The monoisotopic (exact) mass is 153 g/mol. The number of fused-ring (bicyclic) bond motifs is 2. The Kier molecular flexibility index (Phi) is 1.72. The van der Waals surface area contributed by atoms with Gasteiger partial charge in [0.25, 0.3) is 0 Å². The van der Waals surface area contributed by atoms with Gasteiger partial charge in [0.05, 0.1) is 0 Å². The first-order valence-electron chi connectivity index (χ1n) is 4.52. The van der Waals surface area contributed by atoms with Gasteiger partial charge in [0.15, 0.2) is 0 Å². The maximum atomic E-state index is 11.5. The highest BCUT2D eigenvalue weighted by molar-refractivity contribution is 5.84. The van der Waals surface area contributed by atoms with Gasteiger partial charge in [-0.3, -0.25) is 4.79 Å². The number of piperidine rings is 1. The first-order chi connectivity index (χ1) is 5.27. The topological polar surface area (TPSA) is 29.1 Å². The molecule has 62 valence electrons. The number of nitrogens with one attached hydrogen (secondary N) is 1. The minimum Gasteiger partial charge on any atom is -0.316 e. The molecule has 3 atom stereocenters. The van der Waals surface area contributed by atoms with Crippen LogP contribution in [-0.4, -0.2) is 18.9 Å². The summed E-state index contributed by atoms with van der Waals surface area (Å²) >= 11 is 0. The van der Waals surface area contributed by atoms with E-state index in [1.807, 2.05) is 0 Å². The number of rotatable bonds is 0. The molecule has 0 spiro atoms. The lowest BCUT2D eigenvalue weighted by Gasteiger charge is -2.36. The van der Waals surface area contributed by atoms with Gasteiger partial charge in [-0.05, 0) is 25.3 Å². The van der Waals surface area contributed by atoms with E-state index in [2.05, 4.69) is 12.2 Å². The third-order valence-corrected chi connectivity index (χ3v) is 3.02.